The molecule has 0 unspecified atom stereocenters. The number of aromatic nitrogens is 6. The third-order valence-electron chi connectivity index (χ3n) is 7.10. The summed E-state index contributed by atoms with van der Waals surface area (Å²) < 4.78 is 5.11. The van der Waals surface area contributed by atoms with Gasteiger partial charge in [-0.15, -0.1) is 0 Å². The Labute approximate surface area is 210 Å². The predicted molar refractivity (Wildman–Crippen MR) is 139 cm³/mol. The van der Waals surface area contributed by atoms with Gasteiger partial charge < -0.3 is 9.55 Å². The quantitative estimate of drug-likeness (QED) is 0.398. The molecule has 7 rings (SSSR count). The second-order valence-electron chi connectivity index (χ2n) is 9.66. The van der Waals surface area contributed by atoms with Crippen LogP contribution in [0.25, 0.3) is 49.7 Å². The molecular formula is C28H20N8O. The molecule has 4 aromatic heterocycles. The molecule has 178 valence electrons. The van der Waals surface area contributed by atoms with E-state index >= 15 is 0 Å². The van der Waals surface area contributed by atoms with E-state index in [1.165, 1.54) is 4.68 Å². The normalized spacial score (nSPS) is 13.4. The molecule has 0 saturated heterocycles. The first-order valence-electron chi connectivity index (χ1n) is 12.1. The first-order valence-corrected chi connectivity index (χ1v) is 12.1. The number of fused-ring (bicyclic) bond motifs is 3. The minimum absolute atomic E-state index is 0.288. The maximum atomic E-state index is 14.2. The van der Waals surface area contributed by atoms with Crippen molar-refractivity contribution in [3.63, 3.8) is 0 Å². The van der Waals surface area contributed by atoms with Crippen LogP contribution in [0.1, 0.15) is 24.0 Å². The number of nitrogens with zero attached hydrogens (tertiary/aromatic N) is 7. The molecule has 0 aliphatic heterocycles. The average molecular weight is 485 g/mol. The molecule has 0 amide bonds. The van der Waals surface area contributed by atoms with Crippen LogP contribution >= 0.6 is 0 Å². The van der Waals surface area contributed by atoms with Crippen molar-refractivity contribution in [1.29, 1.82) is 10.5 Å². The summed E-state index contributed by atoms with van der Waals surface area (Å²) in [6.45, 7) is 0.730. The summed E-state index contributed by atoms with van der Waals surface area (Å²) in [6.07, 6.45) is 7.63. The van der Waals surface area contributed by atoms with E-state index in [1.54, 1.807) is 10.9 Å². The van der Waals surface area contributed by atoms with E-state index in [4.69, 9.17) is 5.10 Å². The molecule has 0 radical (unpaired) electrons. The van der Waals surface area contributed by atoms with Crippen molar-refractivity contribution in [2.24, 2.45) is 13.0 Å². The second kappa shape index (κ2) is 7.67. The summed E-state index contributed by atoms with van der Waals surface area (Å²) in [6, 6.07) is 15.7. The molecule has 1 saturated carbocycles. The summed E-state index contributed by atoms with van der Waals surface area (Å²) in [4.78, 5) is 17.3. The molecular weight excluding hydrogens is 464 g/mol. The van der Waals surface area contributed by atoms with E-state index in [0.29, 0.717) is 44.9 Å². The zero-order valence-corrected chi connectivity index (χ0v) is 19.9. The van der Waals surface area contributed by atoms with Crippen LogP contribution in [0.2, 0.25) is 0 Å². The highest BCUT2D eigenvalue weighted by atomic mass is 16.1. The lowest BCUT2D eigenvalue weighted by atomic mass is 10.0. The Morgan fingerprint density at radius 2 is 1.89 bits per heavy atom. The Morgan fingerprint density at radius 3 is 2.68 bits per heavy atom. The first kappa shape index (κ1) is 21.2. The third kappa shape index (κ3) is 3.25. The summed E-state index contributed by atoms with van der Waals surface area (Å²) in [5.74, 6) is 0.530. The Kier molecular flexibility index (Phi) is 4.39. The van der Waals surface area contributed by atoms with Gasteiger partial charge in [-0.3, -0.25) is 9.48 Å². The fraction of sp³-hybridized carbons (Fsp3) is 0.179. The molecule has 1 fully saturated rings. The summed E-state index contributed by atoms with van der Waals surface area (Å²) in [7, 11) is 1.85. The largest absolute Gasteiger partial charge is 0.360 e. The molecule has 0 bridgehead atoms. The number of nitrogens with one attached hydrogen (secondary N) is 1. The zero-order valence-electron chi connectivity index (χ0n) is 19.9. The Bertz CT molecular complexity index is 2030. The van der Waals surface area contributed by atoms with Crippen LogP contribution in [0.4, 0.5) is 0 Å². The number of rotatable bonds is 4. The third-order valence-corrected chi connectivity index (χ3v) is 7.10. The molecule has 9 heteroatoms. The van der Waals surface area contributed by atoms with Crippen molar-refractivity contribution < 1.29 is 0 Å². The molecule has 2 aromatic carbocycles. The summed E-state index contributed by atoms with van der Waals surface area (Å²) in [5, 5.41) is 30.3. The van der Waals surface area contributed by atoms with E-state index in [-0.39, 0.29) is 5.56 Å². The standard InChI is InChI=1S/C28H20N8O/c1-34-14-18-8-21(5-7-23(18)32-34)36-28(37)25(17-4-6-24-22(9-17)19(10-29)12-31-24)27-26(33-36)20(11-30)15-35(27)13-16-2-3-16/h4-9,12,14-16,31H,2-3,13H2,1H3. The maximum Gasteiger partial charge on any atom is 0.281 e. The van der Waals surface area contributed by atoms with Crippen molar-refractivity contribution in [2.75, 3.05) is 0 Å². The van der Waals surface area contributed by atoms with E-state index in [2.05, 4.69) is 22.2 Å². The van der Waals surface area contributed by atoms with Crippen LogP contribution in [0, 0.1) is 28.6 Å². The smallest absolute Gasteiger partial charge is 0.281 e. The Balaban J connectivity index is 1.57. The van der Waals surface area contributed by atoms with Gasteiger partial charge in [0.15, 0.2) is 0 Å². The van der Waals surface area contributed by atoms with E-state index in [1.807, 2.05) is 60.4 Å². The van der Waals surface area contributed by atoms with Gasteiger partial charge in [0.2, 0.25) is 0 Å². The lowest BCUT2D eigenvalue weighted by molar-refractivity contribution is 0.646. The van der Waals surface area contributed by atoms with E-state index in [9.17, 15) is 15.3 Å². The highest BCUT2D eigenvalue weighted by Gasteiger charge is 2.27. The topological polar surface area (TPSA) is 121 Å². The molecule has 9 nitrogen and oxygen atoms in total. The van der Waals surface area contributed by atoms with Gasteiger partial charge in [-0.25, -0.2) is 0 Å². The van der Waals surface area contributed by atoms with Crippen LogP contribution in [0.5, 0.6) is 0 Å². The van der Waals surface area contributed by atoms with Gasteiger partial charge in [0.1, 0.15) is 17.7 Å². The fourth-order valence-corrected chi connectivity index (χ4v) is 5.14. The van der Waals surface area contributed by atoms with Gasteiger partial charge in [0.25, 0.3) is 5.56 Å². The number of nitriles is 2. The van der Waals surface area contributed by atoms with Gasteiger partial charge >= 0.3 is 0 Å². The lowest BCUT2D eigenvalue weighted by Crippen LogP contribution is -2.24. The highest BCUT2D eigenvalue weighted by molar-refractivity contribution is 5.98. The summed E-state index contributed by atoms with van der Waals surface area (Å²) in [5.41, 5.74) is 5.15. The first-order chi connectivity index (χ1) is 18.0. The molecule has 37 heavy (non-hydrogen) atoms. The van der Waals surface area contributed by atoms with Gasteiger partial charge in [0.05, 0.1) is 33.4 Å². The monoisotopic (exact) mass is 484 g/mol. The molecule has 4 heterocycles. The number of hydrogen-bond acceptors (Lipinski definition) is 5. The number of H-pyrrole nitrogens is 1. The van der Waals surface area contributed by atoms with Gasteiger partial charge in [-0.2, -0.15) is 25.4 Å². The van der Waals surface area contributed by atoms with Crippen LogP contribution in [0.3, 0.4) is 0 Å². The highest BCUT2D eigenvalue weighted by Crippen LogP contribution is 2.36. The van der Waals surface area contributed by atoms with Crippen molar-refractivity contribution in [3.8, 4) is 29.0 Å². The number of aromatic amines is 1. The number of benzene rings is 2. The van der Waals surface area contributed by atoms with Gasteiger partial charge in [-0.1, -0.05) is 6.07 Å². The minimum atomic E-state index is -0.288. The van der Waals surface area contributed by atoms with Crippen LogP contribution in [-0.2, 0) is 13.6 Å². The minimum Gasteiger partial charge on any atom is -0.360 e. The molecule has 1 aliphatic rings. The van der Waals surface area contributed by atoms with Gasteiger partial charge in [0, 0.05) is 48.5 Å². The summed E-state index contributed by atoms with van der Waals surface area (Å²) >= 11 is 0. The molecule has 1 aliphatic carbocycles. The fourth-order valence-electron chi connectivity index (χ4n) is 5.14. The Morgan fingerprint density at radius 1 is 1.05 bits per heavy atom. The number of aryl methyl sites for hydroxylation is 1. The van der Waals surface area contributed by atoms with Crippen LogP contribution in [0.15, 0.2) is 59.8 Å². The molecule has 0 spiro atoms. The predicted octanol–water partition coefficient (Wildman–Crippen LogP) is 4.38. The number of hydrogen-bond donors (Lipinski definition) is 1. The second-order valence-corrected chi connectivity index (χ2v) is 9.66. The average Bonchev–Trinajstić information content (AvgIpc) is 3.34. The van der Waals surface area contributed by atoms with Gasteiger partial charge in [-0.05, 0) is 54.7 Å². The van der Waals surface area contributed by atoms with Crippen LogP contribution < -0.4 is 5.56 Å². The van der Waals surface area contributed by atoms with Crippen LogP contribution in [-0.4, -0.2) is 29.1 Å². The lowest BCUT2D eigenvalue weighted by Gasteiger charge is -2.13. The molecule has 1 N–H and O–H groups in total. The van der Waals surface area contributed by atoms with E-state index < -0.39 is 0 Å². The van der Waals surface area contributed by atoms with Crippen molar-refractivity contribution in [2.45, 2.75) is 19.4 Å². The van der Waals surface area contributed by atoms with Crippen molar-refractivity contribution >= 4 is 32.8 Å². The molecule has 0 atom stereocenters. The van der Waals surface area contributed by atoms with Crippen molar-refractivity contribution in [1.82, 2.24) is 29.1 Å². The Hall–Kier alpha value is -5.15. The SMILES string of the molecule is Cn1cc2cc(-n3nc4c(C#N)cn(CC5CC5)c4c(-c4ccc5[nH]cc(C#N)c5c4)c3=O)ccc2n1. The molecule has 6 aromatic rings. The zero-order chi connectivity index (χ0) is 25.3. The van der Waals surface area contributed by atoms with Crippen molar-refractivity contribution in [3.05, 3.63) is 76.5 Å². The van der Waals surface area contributed by atoms with E-state index in [0.717, 1.165) is 41.2 Å². The maximum absolute atomic E-state index is 14.2.